The number of aliphatic hydroxyl groups is 1. The Morgan fingerprint density at radius 2 is 1.80 bits per heavy atom. The second kappa shape index (κ2) is 9.56. The molecule has 4 rings (SSSR count). The van der Waals surface area contributed by atoms with Crippen molar-refractivity contribution in [1.29, 1.82) is 0 Å². The zero-order chi connectivity index (χ0) is 25.3. The van der Waals surface area contributed by atoms with E-state index in [1.807, 2.05) is 0 Å². The number of hydrogen-bond acceptors (Lipinski definition) is 3. The van der Waals surface area contributed by atoms with Gasteiger partial charge in [-0.2, -0.15) is 13.2 Å². The number of aliphatic hydroxyl groups excluding tert-OH is 1. The van der Waals surface area contributed by atoms with Crippen LogP contribution in [0.5, 0.6) is 0 Å². The van der Waals surface area contributed by atoms with E-state index in [2.05, 4.69) is 4.98 Å². The van der Waals surface area contributed by atoms with Crippen LogP contribution >= 0.6 is 11.6 Å². The molecule has 180 valence electrons. The van der Waals surface area contributed by atoms with E-state index in [1.54, 1.807) is 60.2 Å². The Kier molecular flexibility index (Phi) is 6.69. The normalized spacial score (nSPS) is 12.5. The smallest absolute Gasteiger partial charge is 0.396 e. The zero-order valence-electron chi connectivity index (χ0n) is 18.6. The molecule has 0 saturated heterocycles. The summed E-state index contributed by atoms with van der Waals surface area (Å²) in [6.07, 6.45) is -2.95. The van der Waals surface area contributed by atoms with Gasteiger partial charge in [0.05, 0.1) is 28.5 Å². The Bertz CT molecular complexity index is 1400. The predicted octanol–water partition coefficient (Wildman–Crippen LogP) is 6.07. The molecule has 1 heterocycles. The summed E-state index contributed by atoms with van der Waals surface area (Å²) in [6, 6.07) is 17.1. The fourth-order valence-corrected chi connectivity index (χ4v) is 3.98. The highest BCUT2D eigenvalue weighted by atomic mass is 35.5. The van der Waals surface area contributed by atoms with Crippen LogP contribution in [0.25, 0.3) is 28.2 Å². The van der Waals surface area contributed by atoms with E-state index < -0.39 is 17.6 Å². The second-order valence-electron chi connectivity index (χ2n) is 8.10. The fourth-order valence-electron chi connectivity index (χ4n) is 3.77. The van der Waals surface area contributed by atoms with Crippen LogP contribution < -0.4 is 5.73 Å². The molecule has 0 aliphatic rings. The van der Waals surface area contributed by atoms with Gasteiger partial charge in [-0.3, -0.25) is 9.36 Å². The largest absolute Gasteiger partial charge is 0.417 e. The van der Waals surface area contributed by atoms with Crippen molar-refractivity contribution in [2.24, 2.45) is 5.73 Å². The molecule has 3 aromatic carbocycles. The number of amides is 1. The van der Waals surface area contributed by atoms with Crippen LogP contribution in [0.4, 0.5) is 13.2 Å². The standard InChI is InChI=1S/C26H21ClF3N3O2/c1-15(14-34)23-13-33(25(32-23)19-7-2-3-8-21(19)26(28,29)30)18-6-4-5-16(11-18)17-9-10-22(27)20(12-17)24(31)35/h2-13,15,34H,14H2,1H3,(H2,31,35). The molecule has 1 amide bonds. The molecule has 0 aliphatic carbocycles. The molecule has 0 aliphatic heterocycles. The van der Waals surface area contributed by atoms with Gasteiger partial charge in [0.25, 0.3) is 0 Å². The van der Waals surface area contributed by atoms with E-state index in [0.29, 0.717) is 22.5 Å². The lowest BCUT2D eigenvalue weighted by atomic mass is 10.0. The van der Waals surface area contributed by atoms with Gasteiger partial charge in [-0.1, -0.05) is 54.9 Å². The lowest BCUT2D eigenvalue weighted by Crippen LogP contribution is -2.11. The zero-order valence-corrected chi connectivity index (χ0v) is 19.3. The molecule has 1 atom stereocenters. The summed E-state index contributed by atoms with van der Waals surface area (Å²) in [5.41, 5.74) is 7.04. The van der Waals surface area contributed by atoms with Gasteiger partial charge in [0.15, 0.2) is 0 Å². The SMILES string of the molecule is CC(CO)c1cn(-c2cccc(-c3ccc(Cl)c(C(N)=O)c3)c2)c(-c2ccccc2C(F)(F)F)n1. The van der Waals surface area contributed by atoms with Crippen LogP contribution in [-0.4, -0.2) is 27.2 Å². The average Bonchev–Trinajstić information content (AvgIpc) is 3.29. The number of aromatic nitrogens is 2. The second-order valence-corrected chi connectivity index (χ2v) is 8.50. The molecule has 0 spiro atoms. The first-order valence-electron chi connectivity index (χ1n) is 10.7. The molecule has 35 heavy (non-hydrogen) atoms. The fraction of sp³-hybridized carbons (Fsp3) is 0.154. The number of hydrogen-bond donors (Lipinski definition) is 2. The van der Waals surface area contributed by atoms with E-state index in [0.717, 1.165) is 6.07 Å². The van der Waals surface area contributed by atoms with Crippen LogP contribution in [0.1, 0.15) is 34.5 Å². The Balaban J connectivity index is 1.90. The van der Waals surface area contributed by atoms with Gasteiger partial charge in [-0.05, 0) is 41.5 Å². The number of carbonyl (C=O) groups excluding carboxylic acids is 1. The maximum absolute atomic E-state index is 13.8. The van der Waals surface area contributed by atoms with Crippen molar-refractivity contribution in [1.82, 2.24) is 9.55 Å². The number of benzene rings is 3. The van der Waals surface area contributed by atoms with E-state index >= 15 is 0 Å². The summed E-state index contributed by atoms with van der Waals surface area (Å²) in [6.45, 7) is 1.53. The Morgan fingerprint density at radius 3 is 2.49 bits per heavy atom. The molecule has 0 radical (unpaired) electrons. The van der Waals surface area contributed by atoms with Crippen molar-refractivity contribution in [3.05, 3.63) is 94.8 Å². The highest BCUT2D eigenvalue weighted by Crippen LogP contribution is 2.38. The highest BCUT2D eigenvalue weighted by Gasteiger charge is 2.34. The molecule has 0 saturated carbocycles. The summed E-state index contributed by atoms with van der Waals surface area (Å²) < 4.78 is 43.0. The molecule has 1 aromatic heterocycles. The molecule has 4 aromatic rings. The van der Waals surface area contributed by atoms with Gasteiger partial charge in [-0.25, -0.2) is 4.98 Å². The molecular formula is C26H21ClF3N3O2. The van der Waals surface area contributed by atoms with Crippen molar-refractivity contribution in [3.63, 3.8) is 0 Å². The van der Waals surface area contributed by atoms with E-state index in [9.17, 15) is 23.1 Å². The summed E-state index contributed by atoms with van der Waals surface area (Å²) in [7, 11) is 0. The number of halogens is 4. The molecular weight excluding hydrogens is 479 g/mol. The maximum atomic E-state index is 13.8. The Morgan fingerprint density at radius 1 is 1.09 bits per heavy atom. The quantitative estimate of drug-likeness (QED) is 0.337. The number of nitrogens with zero attached hydrogens (tertiary/aromatic N) is 2. The number of alkyl halides is 3. The minimum Gasteiger partial charge on any atom is -0.396 e. The van der Waals surface area contributed by atoms with Gasteiger partial charge in [-0.15, -0.1) is 0 Å². The summed E-state index contributed by atoms with van der Waals surface area (Å²) in [5, 5.41) is 9.84. The maximum Gasteiger partial charge on any atom is 0.417 e. The minimum atomic E-state index is -4.58. The first kappa shape index (κ1) is 24.5. The number of rotatable bonds is 6. The predicted molar refractivity (Wildman–Crippen MR) is 128 cm³/mol. The first-order chi connectivity index (χ1) is 16.6. The third kappa shape index (κ3) is 4.94. The van der Waals surface area contributed by atoms with E-state index in [4.69, 9.17) is 17.3 Å². The van der Waals surface area contributed by atoms with E-state index in [1.165, 1.54) is 18.2 Å². The first-order valence-corrected chi connectivity index (χ1v) is 11.0. The topological polar surface area (TPSA) is 81.1 Å². The highest BCUT2D eigenvalue weighted by molar-refractivity contribution is 6.33. The molecule has 1 unspecified atom stereocenters. The van der Waals surface area contributed by atoms with Crippen molar-refractivity contribution in [2.75, 3.05) is 6.61 Å². The summed E-state index contributed by atoms with van der Waals surface area (Å²) in [5.74, 6) is -0.957. The summed E-state index contributed by atoms with van der Waals surface area (Å²) >= 11 is 6.07. The van der Waals surface area contributed by atoms with Crippen LogP contribution in [-0.2, 0) is 6.18 Å². The van der Waals surface area contributed by atoms with Crippen LogP contribution in [0.2, 0.25) is 5.02 Å². The van der Waals surface area contributed by atoms with Gasteiger partial charge in [0.2, 0.25) is 5.91 Å². The monoisotopic (exact) mass is 499 g/mol. The van der Waals surface area contributed by atoms with Gasteiger partial charge in [0.1, 0.15) is 5.82 Å². The molecule has 3 N–H and O–H groups in total. The average molecular weight is 500 g/mol. The lowest BCUT2D eigenvalue weighted by Gasteiger charge is -2.15. The van der Waals surface area contributed by atoms with Crippen molar-refractivity contribution in [3.8, 4) is 28.2 Å². The molecule has 9 heteroatoms. The number of nitrogens with two attached hydrogens (primary N) is 1. The number of carbonyl (C=O) groups is 1. The third-order valence-electron chi connectivity index (χ3n) is 5.67. The Hall–Kier alpha value is -3.62. The van der Waals surface area contributed by atoms with Crippen molar-refractivity contribution in [2.45, 2.75) is 19.0 Å². The van der Waals surface area contributed by atoms with E-state index in [-0.39, 0.29) is 34.5 Å². The van der Waals surface area contributed by atoms with Crippen LogP contribution in [0, 0.1) is 0 Å². The van der Waals surface area contributed by atoms with Crippen LogP contribution in [0.15, 0.2) is 72.9 Å². The molecule has 0 bridgehead atoms. The van der Waals surface area contributed by atoms with Crippen LogP contribution in [0.3, 0.4) is 0 Å². The van der Waals surface area contributed by atoms with Crippen molar-refractivity contribution < 1.29 is 23.1 Å². The molecule has 5 nitrogen and oxygen atoms in total. The summed E-state index contributed by atoms with van der Waals surface area (Å²) in [4.78, 5) is 16.2. The third-order valence-corrected chi connectivity index (χ3v) is 6.00. The van der Waals surface area contributed by atoms with Gasteiger partial charge >= 0.3 is 6.18 Å². The molecule has 0 fully saturated rings. The van der Waals surface area contributed by atoms with Gasteiger partial charge < -0.3 is 10.8 Å². The lowest BCUT2D eigenvalue weighted by molar-refractivity contribution is -0.137. The Labute approximate surface area is 204 Å². The minimum absolute atomic E-state index is 0.0794. The number of imidazole rings is 1. The van der Waals surface area contributed by atoms with Crippen molar-refractivity contribution >= 4 is 17.5 Å². The van der Waals surface area contributed by atoms with Gasteiger partial charge in [0, 0.05) is 23.4 Å². The number of primary amides is 1.